The number of ether oxygens (including phenoxy) is 4. The summed E-state index contributed by atoms with van der Waals surface area (Å²) in [6.07, 6.45) is -11.3. The van der Waals surface area contributed by atoms with Crippen molar-refractivity contribution in [1.29, 1.82) is 0 Å². The molecule has 1 aromatic carbocycles. The fourth-order valence-corrected chi connectivity index (χ4v) is 8.63. The average Bonchev–Trinajstić information content (AvgIpc) is 4.13. The monoisotopic (exact) mass is 972 g/mol. The van der Waals surface area contributed by atoms with E-state index in [0.29, 0.717) is 39.5 Å². The lowest BCUT2D eigenvalue weighted by Gasteiger charge is -2.35. The largest absolute Gasteiger partial charge is 0.497 e. The van der Waals surface area contributed by atoms with E-state index in [9.17, 15) is 53.9 Å². The minimum Gasteiger partial charge on any atom is -0.497 e. The number of sulfonamides is 1. The van der Waals surface area contributed by atoms with Gasteiger partial charge in [0.2, 0.25) is 39.0 Å². The first kappa shape index (κ1) is 53.7. The van der Waals surface area contributed by atoms with Crippen molar-refractivity contribution in [1.82, 2.24) is 30.2 Å². The van der Waals surface area contributed by atoms with E-state index in [1.54, 1.807) is 26.0 Å². The molecule has 0 spiro atoms. The number of alkyl carbamates (subject to hydrolysis) is 1. The van der Waals surface area contributed by atoms with Gasteiger partial charge in [0.05, 0.1) is 41.6 Å². The number of amides is 4. The van der Waals surface area contributed by atoms with Crippen LogP contribution in [0, 0.1) is 5.92 Å². The van der Waals surface area contributed by atoms with Crippen LogP contribution >= 0.6 is 0 Å². The van der Waals surface area contributed by atoms with Crippen LogP contribution in [0.15, 0.2) is 30.4 Å². The molecule has 3 fully saturated rings. The Hall–Kier alpha value is -4.93. The Bertz CT molecular complexity index is 2260. The number of hydrogen-bond acceptors (Lipinski definition) is 12. The van der Waals surface area contributed by atoms with E-state index < -0.39 is 123 Å². The molecule has 0 unspecified atom stereocenters. The van der Waals surface area contributed by atoms with Gasteiger partial charge in [-0.25, -0.2) is 23.2 Å². The summed E-state index contributed by atoms with van der Waals surface area (Å²) in [7, 11) is -2.88. The van der Waals surface area contributed by atoms with Crippen LogP contribution in [0.25, 0.3) is 11.0 Å². The maximum atomic E-state index is 14.8. The van der Waals surface area contributed by atoms with Crippen LogP contribution in [0.5, 0.6) is 11.6 Å². The van der Waals surface area contributed by atoms with Gasteiger partial charge in [-0.1, -0.05) is 46.8 Å². The number of benzene rings is 1. The van der Waals surface area contributed by atoms with Crippen LogP contribution < -0.4 is 24.8 Å². The first-order chi connectivity index (χ1) is 30.7. The SMILES string of the molecule is CC.CC.CC[C@@H]1O[C@H](C)CC/C=C\[C@@H]2C[C@@]2(C(=O)NS(=O)(=O)C2(C)CC2)NC(=O)[C@@H]2C[C@@H](Oc3nc4cc(OC)ccc4nc3C(F)(F)F)CN2C(=O)[C@H]1NC(=O)OC(C)(C)C(F)(F)F.[HH].[HH].[HH]. The summed E-state index contributed by atoms with van der Waals surface area (Å²) in [6.45, 7) is 13.2. The highest BCUT2D eigenvalue weighted by Gasteiger charge is 2.63. The third kappa shape index (κ3) is 11.8. The molecular formula is C43H66F6N6O10S. The molecule has 3 heterocycles. The second-order valence-electron chi connectivity index (χ2n) is 16.8. The fourth-order valence-electron chi connectivity index (χ4n) is 7.32. The zero-order valence-electron chi connectivity index (χ0n) is 38.6. The predicted molar refractivity (Wildman–Crippen MR) is 235 cm³/mol. The number of aromatic nitrogens is 2. The summed E-state index contributed by atoms with van der Waals surface area (Å²) >= 11 is 0. The Morgan fingerprint density at radius 1 is 1.05 bits per heavy atom. The maximum absolute atomic E-state index is 14.8. The lowest BCUT2D eigenvalue weighted by atomic mass is 10.0. The molecule has 376 valence electrons. The average molecular weight is 973 g/mol. The van der Waals surface area contributed by atoms with Crippen LogP contribution in [0.1, 0.15) is 117 Å². The molecule has 2 aliphatic heterocycles. The second kappa shape index (κ2) is 20.5. The van der Waals surface area contributed by atoms with Gasteiger partial charge < -0.3 is 34.5 Å². The highest BCUT2D eigenvalue weighted by atomic mass is 32.2. The third-order valence-electron chi connectivity index (χ3n) is 11.7. The summed E-state index contributed by atoms with van der Waals surface area (Å²) in [5.41, 5.74) is -6.63. The molecule has 2 aliphatic carbocycles. The quantitative estimate of drug-likeness (QED) is 0.164. The van der Waals surface area contributed by atoms with Gasteiger partial charge in [-0.05, 0) is 78.4 Å². The van der Waals surface area contributed by atoms with Crippen molar-refractivity contribution in [3.63, 3.8) is 0 Å². The van der Waals surface area contributed by atoms with Crippen molar-refractivity contribution in [2.24, 2.45) is 5.92 Å². The number of rotatable bonds is 9. The van der Waals surface area contributed by atoms with Crippen LogP contribution in [-0.4, -0.2) is 113 Å². The van der Waals surface area contributed by atoms with Gasteiger partial charge in [0.15, 0.2) is 0 Å². The normalized spacial score (nSPS) is 27.1. The topological polar surface area (TPSA) is 204 Å². The summed E-state index contributed by atoms with van der Waals surface area (Å²) in [5, 5.41) is 4.78. The molecule has 2 aromatic rings. The van der Waals surface area contributed by atoms with E-state index in [4.69, 9.17) is 18.9 Å². The fraction of sp³-hybridized carbons (Fsp3) is 0.674. The zero-order chi connectivity index (χ0) is 49.8. The minimum absolute atomic E-state index is 0. The molecule has 1 saturated heterocycles. The number of alkyl halides is 6. The van der Waals surface area contributed by atoms with E-state index in [1.165, 1.54) is 32.2 Å². The summed E-state index contributed by atoms with van der Waals surface area (Å²) in [4.78, 5) is 65.0. The molecule has 2 saturated carbocycles. The summed E-state index contributed by atoms with van der Waals surface area (Å²) in [5.74, 6) is -4.73. The molecular weight excluding hydrogens is 907 g/mol. The first-order valence-electron chi connectivity index (χ1n) is 21.9. The van der Waals surface area contributed by atoms with E-state index in [-0.39, 0.29) is 33.9 Å². The van der Waals surface area contributed by atoms with E-state index in [0.717, 1.165) is 4.90 Å². The first-order valence-corrected chi connectivity index (χ1v) is 23.4. The van der Waals surface area contributed by atoms with Gasteiger partial charge in [0.1, 0.15) is 29.5 Å². The molecule has 1 aromatic heterocycles. The van der Waals surface area contributed by atoms with Crippen LogP contribution in [0.4, 0.5) is 31.1 Å². The highest BCUT2D eigenvalue weighted by Crippen LogP contribution is 2.48. The Balaban J connectivity index is 0.00000331. The summed E-state index contributed by atoms with van der Waals surface area (Å²) < 4.78 is 134. The number of hydrogen-bond donors (Lipinski definition) is 3. The Morgan fingerprint density at radius 2 is 1.70 bits per heavy atom. The molecule has 4 aliphatic rings. The second-order valence-corrected chi connectivity index (χ2v) is 19.0. The molecule has 0 radical (unpaired) electrons. The molecule has 16 nitrogen and oxygen atoms in total. The van der Waals surface area contributed by atoms with Crippen molar-refractivity contribution < 1.29 is 77.2 Å². The van der Waals surface area contributed by atoms with Gasteiger partial charge in [-0.2, -0.15) is 26.3 Å². The molecule has 23 heteroatoms. The van der Waals surface area contributed by atoms with E-state index >= 15 is 0 Å². The van der Waals surface area contributed by atoms with E-state index in [1.807, 2.05) is 27.7 Å². The number of carbonyl (C=O) groups is 4. The lowest BCUT2D eigenvalue weighted by molar-refractivity contribution is -0.244. The Morgan fingerprint density at radius 3 is 2.27 bits per heavy atom. The molecule has 4 amide bonds. The Labute approximate surface area is 384 Å². The van der Waals surface area contributed by atoms with Gasteiger partial charge in [-0.3, -0.25) is 19.1 Å². The number of nitrogens with one attached hydrogen (secondary N) is 3. The van der Waals surface area contributed by atoms with Crippen molar-refractivity contribution in [3.05, 3.63) is 36.0 Å². The van der Waals surface area contributed by atoms with E-state index in [2.05, 4.69) is 25.3 Å². The minimum atomic E-state index is -5.11. The Kier molecular flexibility index (Phi) is 16.7. The van der Waals surface area contributed by atoms with Crippen molar-refractivity contribution >= 4 is 44.9 Å². The van der Waals surface area contributed by atoms with Gasteiger partial charge in [0, 0.05) is 22.7 Å². The smallest absolute Gasteiger partial charge is 0.438 e. The maximum Gasteiger partial charge on any atom is 0.438 e. The standard InChI is InChI=1S/C39H48F6N6O10S.2C2H6.3H2/c1-7-27-28(48-34(55)61-35(3,4)39(43,44)45)32(53)51-19-23(60-31-29(38(40,41)42)46-24-13-12-22(58-6)16-25(24)47-31)17-26(51)30(52)49-37(18-21(37)11-9-8-10-20(2)59-27)33(54)50-62(56,57)36(5)14-15-36;2*1-2;;;/h9,11-13,16,20-21,23,26-28H,7-8,10,14-15,17-19H2,1-6H3,(H,48,55)(H,49,52)(H,50,54);2*1-2H3;3*1H/b11-9-;;;;;/t20-,21-,23-,26+,27+,28+,37-;;;;;/m1...../s1. The van der Waals surface area contributed by atoms with Crippen LogP contribution in [-0.2, 0) is 40.1 Å². The molecule has 66 heavy (non-hydrogen) atoms. The zero-order valence-corrected chi connectivity index (χ0v) is 39.4. The number of allylic oxidation sites excluding steroid dienone is 1. The molecule has 0 bridgehead atoms. The number of halogens is 6. The van der Waals surface area contributed by atoms with Crippen LogP contribution in [0.2, 0.25) is 0 Å². The number of methoxy groups -OCH3 is 1. The summed E-state index contributed by atoms with van der Waals surface area (Å²) in [6, 6.07) is 0.398. The van der Waals surface area contributed by atoms with Crippen LogP contribution in [0.3, 0.4) is 0 Å². The molecule has 3 N–H and O–H groups in total. The highest BCUT2D eigenvalue weighted by molar-refractivity contribution is 7.91. The van der Waals surface area contributed by atoms with Crippen molar-refractivity contribution in [2.75, 3.05) is 13.7 Å². The lowest BCUT2D eigenvalue weighted by Crippen LogP contribution is -2.61. The molecule has 6 rings (SSSR count). The van der Waals surface area contributed by atoms with Gasteiger partial charge in [-0.15, -0.1) is 0 Å². The van der Waals surface area contributed by atoms with Crippen molar-refractivity contribution in [3.8, 4) is 11.6 Å². The number of fused-ring (bicyclic) bond motifs is 3. The van der Waals surface area contributed by atoms with Crippen molar-refractivity contribution in [2.45, 2.75) is 166 Å². The number of carbonyl (C=O) groups excluding carboxylic acids is 4. The predicted octanol–water partition coefficient (Wildman–Crippen LogP) is 7.64. The van der Waals surface area contributed by atoms with Gasteiger partial charge in [0.25, 0.3) is 5.91 Å². The van der Waals surface area contributed by atoms with Gasteiger partial charge >= 0.3 is 18.4 Å². The number of nitrogens with zero attached hydrogens (tertiary/aromatic N) is 3. The third-order valence-corrected chi connectivity index (χ3v) is 13.9. The molecule has 7 atom stereocenters.